The van der Waals surface area contributed by atoms with Gasteiger partial charge in [-0.3, -0.25) is 4.79 Å². The lowest BCUT2D eigenvalue weighted by Gasteiger charge is -2.19. The highest BCUT2D eigenvalue weighted by Gasteiger charge is 2.08. The number of nitrogens with two attached hydrogens (primary N) is 1. The smallest absolute Gasteiger partial charge is 0.222 e. The van der Waals surface area contributed by atoms with E-state index in [9.17, 15) is 4.79 Å². The van der Waals surface area contributed by atoms with Gasteiger partial charge in [-0.25, -0.2) is 0 Å². The number of carbonyl (C=O) groups excluding carboxylic acids is 1. The van der Waals surface area contributed by atoms with Crippen molar-refractivity contribution in [2.24, 2.45) is 5.73 Å². The summed E-state index contributed by atoms with van der Waals surface area (Å²) < 4.78 is 0. The van der Waals surface area contributed by atoms with Gasteiger partial charge in [-0.15, -0.1) is 0 Å². The lowest BCUT2D eigenvalue weighted by atomic mass is 10.1. The van der Waals surface area contributed by atoms with E-state index in [4.69, 9.17) is 5.73 Å². The monoisotopic (exact) mass is 215 g/mol. The van der Waals surface area contributed by atoms with Gasteiger partial charge in [0.25, 0.3) is 0 Å². The van der Waals surface area contributed by atoms with Gasteiger partial charge >= 0.3 is 0 Å². The van der Waals surface area contributed by atoms with Crippen LogP contribution in [0.2, 0.25) is 0 Å². The van der Waals surface area contributed by atoms with Crippen LogP contribution in [0, 0.1) is 0 Å². The summed E-state index contributed by atoms with van der Waals surface area (Å²) >= 11 is 0. The van der Waals surface area contributed by atoms with Gasteiger partial charge in [0.1, 0.15) is 0 Å². The van der Waals surface area contributed by atoms with Crippen molar-refractivity contribution in [2.45, 2.75) is 32.2 Å². The first kappa shape index (κ1) is 14.4. The van der Waals surface area contributed by atoms with Crippen LogP contribution in [0.15, 0.2) is 0 Å². The summed E-state index contributed by atoms with van der Waals surface area (Å²) in [5.74, 6) is 0.220. The van der Waals surface area contributed by atoms with E-state index in [1.54, 1.807) is 4.90 Å². The average Bonchev–Trinajstić information content (AvgIpc) is 2.13. The molecular weight excluding hydrogens is 190 g/mol. The summed E-state index contributed by atoms with van der Waals surface area (Å²) in [5.41, 5.74) is 5.62. The van der Waals surface area contributed by atoms with E-state index in [1.165, 1.54) is 0 Å². The average molecular weight is 215 g/mol. The second-order valence-electron chi connectivity index (χ2n) is 4.49. The third-order valence-corrected chi connectivity index (χ3v) is 2.36. The van der Waals surface area contributed by atoms with Gasteiger partial charge in [0.2, 0.25) is 5.91 Å². The summed E-state index contributed by atoms with van der Waals surface area (Å²) in [6.45, 7) is 3.68. The Balaban J connectivity index is 3.60. The van der Waals surface area contributed by atoms with Crippen LogP contribution in [0.3, 0.4) is 0 Å². The molecule has 0 aromatic rings. The Hall–Kier alpha value is -0.610. The van der Waals surface area contributed by atoms with Crippen LogP contribution < -0.4 is 5.73 Å². The van der Waals surface area contributed by atoms with Crippen LogP contribution in [-0.4, -0.2) is 56.0 Å². The number of rotatable bonds is 7. The van der Waals surface area contributed by atoms with Gasteiger partial charge in [0, 0.05) is 32.6 Å². The number of hydrogen-bond donors (Lipinski definition) is 1. The molecule has 0 fully saturated rings. The van der Waals surface area contributed by atoms with Crippen molar-refractivity contribution in [3.8, 4) is 0 Å². The predicted octanol–water partition coefficient (Wildman–Crippen LogP) is 0.524. The summed E-state index contributed by atoms with van der Waals surface area (Å²) in [6, 6.07) is 0.199. The van der Waals surface area contributed by atoms with E-state index in [1.807, 2.05) is 28.1 Å². The van der Waals surface area contributed by atoms with Crippen molar-refractivity contribution in [2.75, 3.05) is 34.2 Å². The Morgan fingerprint density at radius 1 is 1.27 bits per heavy atom. The summed E-state index contributed by atoms with van der Waals surface area (Å²) in [7, 11) is 5.88. The Labute approximate surface area is 93.4 Å². The second-order valence-corrected chi connectivity index (χ2v) is 4.49. The number of nitrogens with zero attached hydrogens (tertiary/aromatic N) is 2. The lowest BCUT2D eigenvalue weighted by Crippen LogP contribution is -2.33. The molecule has 0 aliphatic heterocycles. The van der Waals surface area contributed by atoms with Crippen molar-refractivity contribution in [1.29, 1.82) is 0 Å². The number of carbonyl (C=O) groups is 1. The van der Waals surface area contributed by atoms with Crippen LogP contribution in [0.4, 0.5) is 0 Å². The molecule has 15 heavy (non-hydrogen) atoms. The van der Waals surface area contributed by atoms with E-state index < -0.39 is 0 Å². The highest BCUT2D eigenvalue weighted by molar-refractivity contribution is 5.75. The molecule has 1 amide bonds. The quantitative estimate of drug-likeness (QED) is 0.674. The maximum atomic E-state index is 11.6. The fourth-order valence-electron chi connectivity index (χ4n) is 1.24. The second kappa shape index (κ2) is 7.65. The highest BCUT2D eigenvalue weighted by Crippen LogP contribution is 2.01. The maximum Gasteiger partial charge on any atom is 0.222 e. The zero-order valence-corrected chi connectivity index (χ0v) is 10.5. The number of amides is 1. The van der Waals surface area contributed by atoms with E-state index in [0.29, 0.717) is 6.42 Å². The number of likely N-dealkylation sites (N-methyl/N-ethyl adjacent to an activating group) is 2. The Kier molecular flexibility index (Phi) is 7.34. The molecule has 0 bridgehead atoms. The fourth-order valence-corrected chi connectivity index (χ4v) is 1.24. The van der Waals surface area contributed by atoms with Crippen molar-refractivity contribution < 1.29 is 4.79 Å². The number of hydrogen-bond acceptors (Lipinski definition) is 3. The first-order valence-corrected chi connectivity index (χ1v) is 5.57. The molecule has 0 rings (SSSR count). The van der Waals surface area contributed by atoms with Crippen LogP contribution in [0.5, 0.6) is 0 Å². The van der Waals surface area contributed by atoms with Crippen molar-refractivity contribution >= 4 is 5.91 Å². The van der Waals surface area contributed by atoms with Crippen LogP contribution in [-0.2, 0) is 4.79 Å². The fraction of sp³-hybridized carbons (Fsp3) is 0.909. The molecule has 0 saturated heterocycles. The molecule has 0 aromatic heterocycles. The topological polar surface area (TPSA) is 49.6 Å². The Morgan fingerprint density at radius 3 is 2.33 bits per heavy atom. The first-order valence-electron chi connectivity index (χ1n) is 5.57. The Morgan fingerprint density at radius 2 is 1.87 bits per heavy atom. The minimum Gasteiger partial charge on any atom is -0.344 e. The lowest BCUT2D eigenvalue weighted by molar-refractivity contribution is -0.130. The van der Waals surface area contributed by atoms with Gasteiger partial charge in [-0.1, -0.05) is 0 Å². The molecule has 2 N–H and O–H groups in total. The zero-order valence-electron chi connectivity index (χ0n) is 10.5. The summed E-state index contributed by atoms with van der Waals surface area (Å²) in [5, 5.41) is 0. The molecule has 1 unspecified atom stereocenters. The molecule has 0 saturated carbocycles. The third-order valence-electron chi connectivity index (χ3n) is 2.36. The molecule has 0 spiro atoms. The largest absolute Gasteiger partial charge is 0.344 e. The molecule has 4 nitrogen and oxygen atoms in total. The van der Waals surface area contributed by atoms with Crippen LogP contribution in [0.1, 0.15) is 26.2 Å². The van der Waals surface area contributed by atoms with Crippen molar-refractivity contribution in [3.63, 3.8) is 0 Å². The van der Waals surface area contributed by atoms with E-state index in [0.717, 1.165) is 25.9 Å². The standard InChI is InChI=1S/C11H25N3O/c1-10(12)6-5-7-11(15)14(4)9-8-13(2)3/h10H,5-9,12H2,1-4H3. The molecule has 0 aromatic carbocycles. The van der Waals surface area contributed by atoms with Gasteiger partial charge in [-0.05, 0) is 33.9 Å². The minimum absolute atomic E-state index is 0.199. The minimum atomic E-state index is 0.199. The van der Waals surface area contributed by atoms with Gasteiger partial charge in [-0.2, -0.15) is 0 Å². The molecule has 4 heteroatoms. The van der Waals surface area contributed by atoms with E-state index in [2.05, 4.69) is 4.90 Å². The molecule has 1 atom stereocenters. The molecular formula is C11H25N3O. The molecule has 0 radical (unpaired) electrons. The predicted molar refractivity (Wildman–Crippen MR) is 63.7 cm³/mol. The summed E-state index contributed by atoms with van der Waals surface area (Å²) in [6.07, 6.45) is 2.43. The summed E-state index contributed by atoms with van der Waals surface area (Å²) in [4.78, 5) is 15.5. The molecule has 0 heterocycles. The molecule has 0 aliphatic rings. The third kappa shape index (κ3) is 8.39. The Bertz CT molecular complexity index is 181. The van der Waals surface area contributed by atoms with Crippen molar-refractivity contribution in [3.05, 3.63) is 0 Å². The maximum absolute atomic E-state index is 11.6. The van der Waals surface area contributed by atoms with Gasteiger partial charge in [0.05, 0.1) is 0 Å². The first-order chi connectivity index (χ1) is 6.93. The molecule has 90 valence electrons. The van der Waals surface area contributed by atoms with E-state index >= 15 is 0 Å². The normalized spacial score (nSPS) is 12.9. The van der Waals surface area contributed by atoms with Gasteiger partial charge in [0.15, 0.2) is 0 Å². The van der Waals surface area contributed by atoms with Crippen LogP contribution >= 0.6 is 0 Å². The van der Waals surface area contributed by atoms with Crippen LogP contribution in [0.25, 0.3) is 0 Å². The van der Waals surface area contributed by atoms with Crippen molar-refractivity contribution in [1.82, 2.24) is 9.80 Å². The zero-order chi connectivity index (χ0) is 11.8. The highest BCUT2D eigenvalue weighted by atomic mass is 16.2. The van der Waals surface area contributed by atoms with Gasteiger partial charge < -0.3 is 15.5 Å². The van der Waals surface area contributed by atoms with E-state index in [-0.39, 0.29) is 11.9 Å². The molecule has 0 aliphatic carbocycles. The SMILES string of the molecule is CC(N)CCCC(=O)N(C)CCN(C)C.